The van der Waals surface area contributed by atoms with E-state index in [9.17, 15) is 14.4 Å². The summed E-state index contributed by atoms with van der Waals surface area (Å²) < 4.78 is 5.00. The van der Waals surface area contributed by atoms with Gasteiger partial charge in [-0.25, -0.2) is 4.79 Å². The Morgan fingerprint density at radius 3 is 2.65 bits per heavy atom. The number of anilines is 2. The van der Waals surface area contributed by atoms with E-state index in [1.165, 1.54) is 0 Å². The number of carbonyl (C=O) groups excluding carboxylic acids is 1. The smallest absolute Gasteiger partial charge is 0.409 e. The molecule has 2 N–H and O–H groups in total. The molecule has 0 bridgehead atoms. The third kappa shape index (κ3) is 3.84. The highest BCUT2D eigenvalue weighted by Gasteiger charge is 2.27. The van der Waals surface area contributed by atoms with Crippen molar-refractivity contribution in [3.05, 3.63) is 50.5 Å². The minimum Gasteiger partial charge on any atom is -0.450 e. The van der Waals surface area contributed by atoms with Crippen molar-refractivity contribution < 1.29 is 9.53 Å². The predicted molar refractivity (Wildman–Crippen MR) is 98.2 cm³/mol. The van der Waals surface area contributed by atoms with Crippen LogP contribution < -0.4 is 21.5 Å². The molecule has 8 heteroatoms. The van der Waals surface area contributed by atoms with E-state index in [1.807, 2.05) is 12.1 Å². The van der Waals surface area contributed by atoms with Crippen molar-refractivity contribution in [2.75, 3.05) is 30.3 Å². The first kappa shape index (κ1) is 17.9. The summed E-state index contributed by atoms with van der Waals surface area (Å²) >= 11 is 0. The number of pyridine rings is 1. The first-order valence-electron chi connectivity index (χ1n) is 8.74. The summed E-state index contributed by atoms with van der Waals surface area (Å²) in [6.07, 6.45) is 4.46. The molecule has 2 heterocycles. The maximum absolute atomic E-state index is 11.9. The number of rotatable bonds is 6. The van der Waals surface area contributed by atoms with Crippen LogP contribution in [-0.2, 0) is 11.3 Å². The Kier molecular flexibility index (Phi) is 5.50. The van der Waals surface area contributed by atoms with E-state index in [0.29, 0.717) is 50.5 Å². The standard InChI is InChI=1S/C18H22N4O4/c1-2-26-18(25)22-8-5-13(6-9-22)21-15-14(16(23)17(15)24)20-11-12-4-3-7-19-10-12/h3-4,7,10,13,20-21H,2,5-6,8-9,11H2,1H3. The van der Waals surface area contributed by atoms with Crippen molar-refractivity contribution in [2.24, 2.45) is 0 Å². The average Bonchev–Trinajstić information content (AvgIpc) is 2.68. The van der Waals surface area contributed by atoms with E-state index in [1.54, 1.807) is 24.2 Å². The molecule has 0 atom stereocenters. The van der Waals surface area contributed by atoms with Crippen LogP contribution in [0.2, 0.25) is 0 Å². The lowest BCUT2D eigenvalue weighted by Gasteiger charge is -2.32. The van der Waals surface area contributed by atoms with Crippen LogP contribution in [0.3, 0.4) is 0 Å². The zero-order valence-electron chi connectivity index (χ0n) is 14.7. The van der Waals surface area contributed by atoms with E-state index >= 15 is 0 Å². The lowest BCUT2D eigenvalue weighted by Crippen LogP contribution is -2.45. The van der Waals surface area contributed by atoms with Crippen molar-refractivity contribution in [3.63, 3.8) is 0 Å². The van der Waals surface area contributed by atoms with E-state index in [4.69, 9.17) is 4.74 Å². The zero-order valence-corrected chi connectivity index (χ0v) is 14.7. The fourth-order valence-corrected chi connectivity index (χ4v) is 3.02. The van der Waals surface area contributed by atoms with Crippen LogP contribution in [0, 0.1) is 0 Å². The van der Waals surface area contributed by atoms with Gasteiger partial charge in [0.15, 0.2) is 0 Å². The van der Waals surface area contributed by atoms with Crippen LogP contribution >= 0.6 is 0 Å². The SMILES string of the molecule is CCOC(=O)N1CCC(Nc2c(NCc3cccnc3)c(=O)c2=O)CC1. The van der Waals surface area contributed by atoms with Crippen molar-refractivity contribution in [1.29, 1.82) is 0 Å². The van der Waals surface area contributed by atoms with Gasteiger partial charge in [0.25, 0.3) is 10.9 Å². The minimum absolute atomic E-state index is 0.0444. The molecule has 1 aromatic carbocycles. The molecular formula is C18H22N4O4. The molecule has 1 amide bonds. The summed E-state index contributed by atoms with van der Waals surface area (Å²) in [6, 6.07) is 3.75. The van der Waals surface area contributed by atoms with Crippen LogP contribution in [0.15, 0.2) is 34.1 Å². The van der Waals surface area contributed by atoms with Gasteiger partial charge >= 0.3 is 6.09 Å². The van der Waals surface area contributed by atoms with Gasteiger partial charge in [-0.3, -0.25) is 14.6 Å². The lowest BCUT2D eigenvalue weighted by molar-refractivity contribution is 0.0983. The Balaban J connectivity index is 1.56. The first-order chi connectivity index (χ1) is 12.6. The van der Waals surface area contributed by atoms with E-state index in [-0.39, 0.29) is 12.1 Å². The van der Waals surface area contributed by atoms with Crippen LogP contribution in [0.1, 0.15) is 25.3 Å². The van der Waals surface area contributed by atoms with Gasteiger partial charge in [-0.15, -0.1) is 0 Å². The number of aromatic nitrogens is 1. The Hall–Kier alpha value is -2.90. The van der Waals surface area contributed by atoms with E-state index < -0.39 is 10.9 Å². The summed E-state index contributed by atoms with van der Waals surface area (Å²) in [5.74, 6) is 0. The van der Waals surface area contributed by atoms with Crippen molar-refractivity contribution in [3.8, 4) is 0 Å². The molecule has 26 heavy (non-hydrogen) atoms. The van der Waals surface area contributed by atoms with Gasteiger partial charge < -0.3 is 20.3 Å². The summed E-state index contributed by atoms with van der Waals surface area (Å²) in [7, 11) is 0. The molecular weight excluding hydrogens is 336 g/mol. The third-order valence-corrected chi connectivity index (χ3v) is 4.47. The number of hydrogen-bond acceptors (Lipinski definition) is 7. The Morgan fingerprint density at radius 2 is 2.00 bits per heavy atom. The predicted octanol–water partition coefficient (Wildman–Crippen LogP) is 1.32. The average molecular weight is 358 g/mol. The molecule has 0 aliphatic carbocycles. The second-order valence-corrected chi connectivity index (χ2v) is 6.23. The number of amides is 1. The molecule has 8 nitrogen and oxygen atoms in total. The number of piperidine rings is 1. The molecule has 138 valence electrons. The van der Waals surface area contributed by atoms with Gasteiger partial charge in [0.2, 0.25) is 0 Å². The number of carbonyl (C=O) groups is 1. The monoisotopic (exact) mass is 358 g/mol. The van der Waals surface area contributed by atoms with Crippen LogP contribution in [0.5, 0.6) is 0 Å². The normalized spacial score (nSPS) is 15.0. The molecule has 3 rings (SSSR count). The molecule has 1 fully saturated rings. The number of ether oxygens (including phenoxy) is 1. The van der Waals surface area contributed by atoms with Crippen LogP contribution in [0.25, 0.3) is 0 Å². The number of likely N-dealkylation sites (tertiary alicyclic amines) is 1. The molecule has 1 aliphatic heterocycles. The molecule has 0 spiro atoms. The number of hydrogen-bond donors (Lipinski definition) is 2. The van der Waals surface area contributed by atoms with Crippen molar-refractivity contribution >= 4 is 17.5 Å². The molecule has 0 saturated carbocycles. The summed E-state index contributed by atoms with van der Waals surface area (Å²) in [6.45, 7) is 3.67. The molecule has 0 unspecified atom stereocenters. The van der Waals surface area contributed by atoms with E-state index in [2.05, 4.69) is 15.6 Å². The van der Waals surface area contributed by atoms with Gasteiger partial charge in [0.1, 0.15) is 11.4 Å². The van der Waals surface area contributed by atoms with Crippen molar-refractivity contribution in [2.45, 2.75) is 32.4 Å². The highest BCUT2D eigenvalue weighted by atomic mass is 16.6. The summed E-state index contributed by atoms with van der Waals surface area (Å²) in [5, 5.41) is 6.19. The fourth-order valence-electron chi connectivity index (χ4n) is 3.02. The van der Waals surface area contributed by atoms with E-state index in [0.717, 1.165) is 5.56 Å². The third-order valence-electron chi connectivity index (χ3n) is 4.47. The Labute approximate surface area is 150 Å². The fraction of sp³-hybridized carbons (Fsp3) is 0.444. The van der Waals surface area contributed by atoms with Gasteiger partial charge in [-0.2, -0.15) is 0 Å². The largest absolute Gasteiger partial charge is 0.450 e. The molecule has 1 saturated heterocycles. The maximum Gasteiger partial charge on any atom is 0.409 e. The highest BCUT2D eigenvalue weighted by molar-refractivity contribution is 5.74. The molecule has 1 aromatic heterocycles. The van der Waals surface area contributed by atoms with Crippen LogP contribution in [-0.4, -0.2) is 41.7 Å². The topological polar surface area (TPSA) is 101 Å². The second-order valence-electron chi connectivity index (χ2n) is 6.23. The summed E-state index contributed by atoms with van der Waals surface area (Å²) in [4.78, 5) is 41.2. The zero-order chi connectivity index (χ0) is 18.5. The molecule has 2 aromatic rings. The lowest BCUT2D eigenvalue weighted by atomic mass is 10.0. The molecule has 0 radical (unpaired) electrons. The second kappa shape index (κ2) is 7.99. The quantitative estimate of drug-likeness (QED) is 0.751. The minimum atomic E-state index is -0.500. The van der Waals surface area contributed by atoms with Gasteiger partial charge in [0, 0.05) is 38.1 Å². The van der Waals surface area contributed by atoms with Gasteiger partial charge in [-0.05, 0) is 31.4 Å². The maximum atomic E-state index is 11.9. The molecule has 1 aliphatic rings. The van der Waals surface area contributed by atoms with Crippen molar-refractivity contribution in [1.82, 2.24) is 9.88 Å². The highest BCUT2D eigenvalue weighted by Crippen LogP contribution is 2.21. The Morgan fingerprint density at radius 1 is 1.27 bits per heavy atom. The van der Waals surface area contributed by atoms with Gasteiger partial charge in [0.05, 0.1) is 6.61 Å². The number of nitrogens with zero attached hydrogens (tertiary/aromatic N) is 2. The van der Waals surface area contributed by atoms with Crippen LogP contribution in [0.4, 0.5) is 16.2 Å². The number of nitrogens with one attached hydrogen (secondary N) is 2. The Bertz CT molecular complexity index is 821. The van der Waals surface area contributed by atoms with Gasteiger partial charge in [-0.1, -0.05) is 6.07 Å². The first-order valence-corrected chi connectivity index (χ1v) is 8.74. The summed E-state index contributed by atoms with van der Waals surface area (Å²) in [5.41, 5.74) is 0.598.